The van der Waals surface area contributed by atoms with E-state index in [0.717, 1.165) is 0 Å². The Kier molecular flexibility index (Phi) is 5.50. The normalized spacial score (nSPS) is 24.1. The molecule has 8 heteroatoms. The van der Waals surface area contributed by atoms with Gasteiger partial charge in [0, 0.05) is 0 Å². The quantitative estimate of drug-likeness (QED) is 0.541. The molecule has 0 bridgehead atoms. The van der Waals surface area contributed by atoms with Crippen molar-refractivity contribution in [1.82, 2.24) is 0 Å². The molecule has 1 saturated heterocycles. The van der Waals surface area contributed by atoms with Crippen LogP contribution >= 0.6 is 22.6 Å². The maximum Gasteiger partial charge on any atom is 0.334 e. The van der Waals surface area contributed by atoms with E-state index in [1.165, 1.54) is 0 Å². The van der Waals surface area contributed by atoms with Crippen LogP contribution in [0.5, 0.6) is 0 Å². The van der Waals surface area contributed by atoms with Gasteiger partial charge in [-0.15, -0.1) is 0 Å². The highest BCUT2D eigenvalue weighted by Gasteiger charge is 2.51. The van der Waals surface area contributed by atoms with Gasteiger partial charge in [-0.25, -0.2) is 9.32 Å². The van der Waals surface area contributed by atoms with Crippen LogP contribution in [0.4, 0.5) is 0 Å². The van der Waals surface area contributed by atoms with Gasteiger partial charge in [0.05, 0.1) is 6.61 Å². The van der Waals surface area contributed by atoms with E-state index >= 15 is 0 Å². The lowest BCUT2D eigenvalue weighted by atomic mass is 10.0. The molecule has 22 heavy (non-hydrogen) atoms. The highest BCUT2D eigenvalue weighted by Crippen LogP contribution is 2.45. The third-order valence-corrected chi connectivity index (χ3v) is 6.08. The first kappa shape index (κ1) is 18.1. The first-order chi connectivity index (χ1) is 10.2. The lowest BCUT2D eigenvalue weighted by Crippen LogP contribution is -2.43. The summed E-state index contributed by atoms with van der Waals surface area (Å²) < 4.78 is 38.8. The van der Waals surface area contributed by atoms with Crippen LogP contribution in [0, 0.1) is 0 Å². The molecule has 1 aromatic rings. The van der Waals surface area contributed by atoms with Crippen molar-refractivity contribution < 1.29 is 22.1 Å². The molecular formula is C14H20INO5S. The van der Waals surface area contributed by atoms with Gasteiger partial charge in [-0.3, -0.25) is 0 Å². The van der Waals surface area contributed by atoms with Crippen molar-refractivity contribution in [3.05, 3.63) is 35.9 Å². The summed E-state index contributed by atoms with van der Waals surface area (Å²) >= 11 is 1.93. The van der Waals surface area contributed by atoms with E-state index in [1.54, 1.807) is 24.3 Å². The highest BCUT2D eigenvalue weighted by atomic mass is 127. The summed E-state index contributed by atoms with van der Waals surface area (Å²) in [6.07, 6.45) is 0.738. The van der Waals surface area contributed by atoms with Crippen molar-refractivity contribution >= 4 is 32.9 Å². The predicted molar refractivity (Wildman–Crippen MR) is 90.5 cm³/mol. The number of halogens is 1. The fraction of sp³-hybridized carbons (Fsp3) is 0.571. The molecule has 2 atom stereocenters. The van der Waals surface area contributed by atoms with Gasteiger partial charge in [-0.1, -0.05) is 44.2 Å². The molecule has 0 aromatic heterocycles. The minimum absolute atomic E-state index is 0.231. The third kappa shape index (κ3) is 3.80. The average Bonchev–Trinajstić information content (AvgIpc) is 2.92. The molecule has 2 rings (SSSR count). The number of hydrogen-bond acceptors (Lipinski definition) is 5. The minimum Gasteiger partial charge on any atom is -0.347 e. The molecule has 1 heterocycles. The molecule has 6 nitrogen and oxygen atoms in total. The van der Waals surface area contributed by atoms with Gasteiger partial charge in [0.15, 0.2) is 9.39 Å². The van der Waals surface area contributed by atoms with E-state index < -0.39 is 25.8 Å². The summed E-state index contributed by atoms with van der Waals surface area (Å²) in [5.74, 6) is -0.711. The van der Waals surface area contributed by atoms with Crippen LogP contribution in [-0.2, 0) is 27.6 Å². The molecule has 2 unspecified atom stereocenters. The van der Waals surface area contributed by atoms with Crippen molar-refractivity contribution in [2.75, 3.05) is 6.61 Å². The second-order valence-electron chi connectivity index (χ2n) is 5.12. The molecule has 1 fully saturated rings. The first-order valence-corrected chi connectivity index (χ1v) is 9.59. The number of alkyl halides is 1. The van der Waals surface area contributed by atoms with E-state index in [-0.39, 0.29) is 6.61 Å². The van der Waals surface area contributed by atoms with Crippen LogP contribution in [0.3, 0.4) is 0 Å². The number of hydrogen-bond donors (Lipinski definition) is 1. The van der Waals surface area contributed by atoms with E-state index in [0.29, 0.717) is 18.4 Å². The van der Waals surface area contributed by atoms with Gasteiger partial charge in [0.1, 0.15) is 6.10 Å². The van der Waals surface area contributed by atoms with Crippen LogP contribution in [0.25, 0.3) is 0 Å². The summed E-state index contributed by atoms with van der Waals surface area (Å²) in [4.78, 5) is 0. The Balaban J connectivity index is 2.38. The summed E-state index contributed by atoms with van der Waals surface area (Å²) in [6.45, 7) is 4.16. The van der Waals surface area contributed by atoms with Gasteiger partial charge in [-0.05, 0) is 41.0 Å². The molecule has 1 aliphatic heterocycles. The first-order valence-electron chi connectivity index (χ1n) is 7.04. The van der Waals surface area contributed by atoms with Crippen LogP contribution in [-0.4, -0.2) is 26.9 Å². The molecule has 0 saturated carbocycles. The Labute approximate surface area is 144 Å². The molecule has 1 aromatic carbocycles. The SMILES string of the molecule is CCC1(CC)OCC(C(I)(OS(N)(=O)=O)c2ccccc2)O1. The second-order valence-corrected chi connectivity index (χ2v) is 7.88. The molecular weight excluding hydrogens is 421 g/mol. The van der Waals surface area contributed by atoms with Gasteiger partial charge < -0.3 is 9.47 Å². The smallest absolute Gasteiger partial charge is 0.334 e. The Morgan fingerprint density at radius 3 is 2.41 bits per heavy atom. The second kappa shape index (κ2) is 6.70. The maximum atomic E-state index is 11.5. The zero-order valence-electron chi connectivity index (χ0n) is 12.5. The van der Waals surface area contributed by atoms with Gasteiger partial charge in [-0.2, -0.15) is 8.42 Å². The van der Waals surface area contributed by atoms with Gasteiger partial charge in [0.2, 0.25) is 0 Å². The Hall–Kier alpha value is -0.260. The summed E-state index contributed by atoms with van der Waals surface area (Å²) in [5, 5.41) is 5.11. The zero-order valence-corrected chi connectivity index (χ0v) is 15.5. The van der Waals surface area contributed by atoms with Crippen LogP contribution in [0.15, 0.2) is 30.3 Å². The van der Waals surface area contributed by atoms with Crippen molar-refractivity contribution in [3.8, 4) is 0 Å². The van der Waals surface area contributed by atoms with Crippen molar-refractivity contribution in [3.63, 3.8) is 0 Å². The van der Waals surface area contributed by atoms with Crippen molar-refractivity contribution in [2.45, 2.75) is 42.2 Å². The number of benzene rings is 1. The lowest BCUT2D eigenvalue weighted by Gasteiger charge is -2.33. The monoisotopic (exact) mass is 441 g/mol. The standard InChI is InChI=1S/C14H20INO5S/c1-3-13(4-2)19-10-12(20-13)14(15,21-22(16,17)18)11-8-6-5-7-9-11/h5-9,12H,3-4,10H2,1-2H3,(H2,16,17,18). The minimum atomic E-state index is -4.16. The van der Waals surface area contributed by atoms with Crippen LogP contribution in [0.1, 0.15) is 32.3 Å². The largest absolute Gasteiger partial charge is 0.347 e. The summed E-state index contributed by atoms with van der Waals surface area (Å²) in [6, 6.07) is 9.00. The maximum absolute atomic E-state index is 11.5. The zero-order chi connectivity index (χ0) is 16.4. The number of nitrogens with two attached hydrogens (primary N) is 1. The highest BCUT2D eigenvalue weighted by molar-refractivity contribution is 14.1. The predicted octanol–water partition coefficient (Wildman–Crippen LogP) is 2.43. The molecule has 1 aliphatic rings. The van der Waals surface area contributed by atoms with Crippen molar-refractivity contribution in [1.29, 1.82) is 0 Å². The molecule has 0 aliphatic carbocycles. The Morgan fingerprint density at radius 2 is 1.95 bits per heavy atom. The third-order valence-electron chi connectivity index (χ3n) is 3.75. The molecule has 0 radical (unpaired) electrons. The van der Waals surface area contributed by atoms with E-state index in [4.69, 9.17) is 18.8 Å². The van der Waals surface area contributed by atoms with Gasteiger partial charge >= 0.3 is 10.3 Å². The Morgan fingerprint density at radius 1 is 1.36 bits per heavy atom. The number of ether oxygens (including phenoxy) is 2. The lowest BCUT2D eigenvalue weighted by molar-refractivity contribution is -0.181. The van der Waals surface area contributed by atoms with E-state index in [9.17, 15) is 8.42 Å². The number of rotatable bonds is 6. The summed E-state index contributed by atoms with van der Waals surface area (Å²) in [5.41, 5.74) is 0.654. The molecule has 124 valence electrons. The van der Waals surface area contributed by atoms with E-state index in [2.05, 4.69) is 0 Å². The van der Waals surface area contributed by atoms with Crippen molar-refractivity contribution in [2.24, 2.45) is 5.14 Å². The molecule has 0 amide bonds. The molecule has 0 spiro atoms. The average molecular weight is 441 g/mol. The Bertz CT molecular complexity index is 605. The van der Waals surface area contributed by atoms with E-state index in [1.807, 2.05) is 42.5 Å². The van der Waals surface area contributed by atoms with Crippen LogP contribution < -0.4 is 5.14 Å². The summed E-state index contributed by atoms with van der Waals surface area (Å²) in [7, 11) is -4.16. The van der Waals surface area contributed by atoms with Gasteiger partial charge in [0.25, 0.3) is 0 Å². The topological polar surface area (TPSA) is 87.9 Å². The molecule has 2 N–H and O–H groups in total. The van der Waals surface area contributed by atoms with Crippen LogP contribution in [0.2, 0.25) is 0 Å². The fourth-order valence-electron chi connectivity index (χ4n) is 2.48. The fourth-order valence-corrected chi connectivity index (χ4v) is 4.44.